The van der Waals surface area contributed by atoms with E-state index in [4.69, 9.17) is 13.9 Å². The maximum Gasteiger partial charge on any atom is 0.200 e. The van der Waals surface area contributed by atoms with E-state index in [2.05, 4.69) is 47.2 Å². The highest BCUT2D eigenvalue weighted by Crippen LogP contribution is 2.25. The Balaban J connectivity index is 1.09. The Bertz CT molecular complexity index is 1380. The van der Waals surface area contributed by atoms with E-state index in [1.165, 1.54) is 24.7 Å². The fraction of sp³-hybridized carbons (Fsp3) is 0.344. The van der Waals surface area contributed by atoms with Crippen molar-refractivity contribution in [2.75, 3.05) is 40.4 Å². The molecule has 0 radical (unpaired) electrons. The van der Waals surface area contributed by atoms with Crippen molar-refractivity contribution in [1.29, 1.82) is 0 Å². The summed E-state index contributed by atoms with van der Waals surface area (Å²) in [5.74, 6) is 1.46. The maximum absolute atomic E-state index is 13.1. The van der Waals surface area contributed by atoms with Crippen LogP contribution in [0.5, 0.6) is 11.5 Å². The highest BCUT2D eigenvalue weighted by Gasteiger charge is 2.22. The van der Waals surface area contributed by atoms with Crippen LogP contribution in [0.25, 0.3) is 22.1 Å². The minimum atomic E-state index is -0.0561. The molecule has 2 heterocycles. The molecule has 0 saturated carbocycles. The fourth-order valence-electron chi connectivity index (χ4n) is 5.21. The number of methoxy groups -OCH3 is 1. The molecule has 0 atom stereocenters. The zero-order chi connectivity index (χ0) is 26.3. The van der Waals surface area contributed by atoms with Gasteiger partial charge < -0.3 is 18.8 Å². The van der Waals surface area contributed by atoms with E-state index in [0.717, 1.165) is 49.7 Å². The second kappa shape index (κ2) is 12.3. The summed E-state index contributed by atoms with van der Waals surface area (Å²) in [5, 5.41) is 0.545. The molecule has 1 aliphatic heterocycles. The Morgan fingerprint density at radius 3 is 2.45 bits per heavy atom. The van der Waals surface area contributed by atoms with Crippen LogP contribution >= 0.6 is 0 Å². The summed E-state index contributed by atoms with van der Waals surface area (Å²) >= 11 is 0. The highest BCUT2D eigenvalue weighted by molar-refractivity contribution is 5.82. The first-order valence-electron chi connectivity index (χ1n) is 13.4. The predicted octanol–water partition coefficient (Wildman–Crippen LogP) is 5.83. The van der Waals surface area contributed by atoms with Crippen molar-refractivity contribution in [2.45, 2.75) is 31.8 Å². The number of rotatable bonds is 10. The molecule has 1 aromatic heterocycles. The van der Waals surface area contributed by atoms with Gasteiger partial charge in [-0.25, -0.2) is 0 Å². The number of benzene rings is 3. The molecule has 198 valence electrons. The van der Waals surface area contributed by atoms with Crippen molar-refractivity contribution in [3.8, 4) is 22.6 Å². The third-order valence-corrected chi connectivity index (χ3v) is 7.50. The van der Waals surface area contributed by atoms with Crippen LogP contribution in [-0.2, 0) is 6.54 Å². The number of hydrogen-bond donors (Lipinski definition) is 0. The predicted molar refractivity (Wildman–Crippen MR) is 152 cm³/mol. The Morgan fingerprint density at radius 1 is 0.974 bits per heavy atom. The van der Waals surface area contributed by atoms with Crippen LogP contribution in [0.2, 0.25) is 0 Å². The summed E-state index contributed by atoms with van der Waals surface area (Å²) in [6.07, 6.45) is 4.87. The van der Waals surface area contributed by atoms with E-state index in [0.29, 0.717) is 29.2 Å². The number of likely N-dealkylation sites (tertiary alicyclic amines) is 1. The van der Waals surface area contributed by atoms with E-state index >= 15 is 0 Å². The second-order valence-corrected chi connectivity index (χ2v) is 10.0. The van der Waals surface area contributed by atoms with Crippen molar-refractivity contribution in [1.82, 2.24) is 9.80 Å². The molecule has 0 amide bonds. The lowest BCUT2D eigenvalue weighted by Crippen LogP contribution is -2.43. The standard InChI is InChI=1S/C32H36N2O4/c1-33(26-15-18-34(19-16-26)22-24-7-4-3-5-8-24)17-6-20-37-28-13-14-29-31(21-28)38-23-30(32(29)35)25-9-11-27(36-2)12-10-25/h3-5,7-14,21,23,26H,6,15-20,22H2,1-2H3. The lowest BCUT2D eigenvalue weighted by atomic mass is 10.0. The zero-order valence-electron chi connectivity index (χ0n) is 22.3. The summed E-state index contributed by atoms with van der Waals surface area (Å²) in [4.78, 5) is 18.1. The molecule has 6 heteroatoms. The summed E-state index contributed by atoms with van der Waals surface area (Å²) in [5.41, 5.74) is 3.20. The van der Waals surface area contributed by atoms with Gasteiger partial charge in [0, 0.05) is 25.2 Å². The molecule has 0 unspecified atom stereocenters. The third-order valence-electron chi connectivity index (χ3n) is 7.50. The van der Waals surface area contributed by atoms with E-state index in [1.54, 1.807) is 19.2 Å². The molecule has 38 heavy (non-hydrogen) atoms. The molecule has 0 spiro atoms. The molecule has 0 N–H and O–H groups in total. The van der Waals surface area contributed by atoms with Gasteiger partial charge in [0.25, 0.3) is 0 Å². The van der Waals surface area contributed by atoms with Gasteiger partial charge >= 0.3 is 0 Å². The van der Waals surface area contributed by atoms with Crippen molar-refractivity contribution < 1.29 is 13.9 Å². The molecule has 4 aromatic rings. The smallest absolute Gasteiger partial charge is 0.200 e. The van der Waals surface area contributed by atoms with Gasteiger partial charge in [-0.15, -0.1) is 0 Å². The van der Waals surface area contributed by atoms with Crippen LogP contribution in [0.3, 0.4) is 0 Å². The normalized spacial score (nSPS) is 14.7. The van der Waals surface area contributed by atoms with Gasteiger partial charge in [0.2, 0.25) is 0 Å². The molecule has 5 rings (SSSR count). The summed E-state index contributed by atoms with van der Waals surface area (Å²) in [6.45, 7) is 4.94. The van der Waals surface area contributed by atoms with E-state index in [-0.39, 0.29) is 5.43 Å². The fourth-order valence-corrected chi connectivity index (χ4v) is 5.21. The molecule has 0 bridgehead atoms. The van der Waals surface area contributed by atoms with Gasteiger partial charge in [-0.05, 0) is 74.8 Å². The van der Waals surface area contributed by atoms with Gasteiger partial charge in [0.15, 0.2) is 5.43 Å². The zero-order valence-corrected chi connectivity index (χ0v) is 22.3. The van der Waals surface area contributed by atoms with Gasteiger partial charge in [0.1, 0.15) is 23.3 Å². The summed E-state index contributed by atoms with van der Waals surface area (Å²) < 4.78 is 17.0. The van der Waals surface area contributed by atoms with Gasteiger partial charge in [-0.2, -0.15) is 0 Å². The number of fused-ring (bicyclic) bond motifs is 1. The third kappa shape index (κ3) is 6.26. The Hall–Kier alpha value is -3.61. The molecule has 6 nitrogen and oxygen atoms in total. The van der Waals surface area contributed by atoms with E-state index in [9.17, 15) is 4.79 Å². The molecule has 1 aliphatic rings. The molecule has 1 saturated heterocycles. The summed E-state index contributed by atoms with van der Waals surface area (Å²) in [7, 11) is 3.84. The molecular weight excluding hydrogens is 476 g/mol. The van der Waals surface area contributed by atoms with Crippen LogP contribution in [0.1, 0.15) is 24.8 Å². The first-order chi connectivity index (χ1) is 18.6. The minimum absolute atomic E-state index is 0.0561. The molecule has 0 aliphatic carbocycles. The molecule has 3 aromatic carbocycles. The topological polar surface area (TPSA) is 55.2 Å². The SMILES string of the molecule is COc1ccc(-c2coc3cc(OCCCN(C)C4CCN(Cc5ccccc5)CC4)ccc3c2=O)cc1. The summed E-state index contributed by atoms with van der Waals surface area (Å²) in [6, 6.07) is 24.2. The number of piperidine rings is 1. The van der Waals surface area contributed by atoms with Crippen molar-refractivity contribution in [3.63, 3.8) is 0 Å². The average Bonchev–Trinajstić information content (AvgIpc) is 2.96. The van der Waals surface area contributed by atoms with Gasteiger partial charge in [-0.3, -0.25) is 9.69 Å². The first-order valence-corrected chi connectivity index (χ1v) is 13.4. The first kappa shape index (κ1) is 26.0. The van der Waals surface area contributed by atoms with Gasteiger partial charge in [-0.1, -0.05) is 42.5 Å². The number of hydrogen-bond acceptors (Lipinski definition) is 6. The van der Waals surface area contributed by atoms with Crippen LogP contribution in [-0.4, -0.2) is 56.2 Å². The van der Waals surface area contributed by atoms with Crippen molar-refractivity contribution >= 4 is 11.0 Å². The van der Waals surface area contributed by atoms with E-state index in [1.807, 2.05) is 30.3 Å². The van der Waals surface area contributed by atoms with Crippen molar-refractivity contribution in [3.05, 3.63) is 94.8 Å². The second-order valence-electron chi connectivity index (χ2n) is 10.0. The number of ether oxygens (including phenoxy) is 2. The monoisotopic (exact) mass is 512 g/mol. The van der Waals surface area contributed by atoms with Crippen LogP contribution < -0.4 is 14.9 Å². The minimum Gasteiger partial charge on any atom is -0.497 e. The largest absolute Gasteiger partial charge is 0.497 e. The maximum atomic E-state index is 13.1. The lowest BCUT2D eigenvalue weighted by Gasteiger charge is -2.36. The van der Waals surface area contributed by atoms with E-state index < -0.39 is 0 Å². The quantitative estimate of drug-likeness (QED) is 0.249. The molecule has 1 fully saturated rings. The van der Waals surface area contributed by atoms with Crippen LogP contribution in [0.15, 0.2) is 88.3 Å². The molecular formula is C32H36N2O4. The Labute approximate surface area is 224 Å². The highest BCUT2D eigenvalue weighted by atomic mass is 16.5. The van der Waals surface area contributed by atoms with Crippen LogP contribution in [0, 0.1) is 0 Å². The lowest BCUT2D eigenvalue weighted by molar-refractivity contribution is 0.118. The average molecular weight is 513 g/mol. The number of nitrogens with zero attached hydrogens (tertiary/aromatic N) is 2. The van der Waals surface area contributed by atoms with Crippen molar-refractivity contribution in [2.24, 2.45) is 0 Å². The van der Waals surface area contributed by atoms with Crippen LogP contribution in [0.4, 0.5) is 0 Å². The Morgan fingerprint density at radius 2 is 1.71 bits per heavy atom. The Kier molecular flexibility index (Phi) is 8.41. The van der Waals surface area contributed by atoms with Gasteiger partial charge in [0.05, 0.1) is 24.7 Å².